The maximum atomic E-state index is 8.92. The summed E-state index contributed by atoms with van der Waals surface area (Å²) in [6, 6.07) is 8.51. The number of hydrogen-bond acceptors (Lipinski definition) is 4. The third-order valence-corrected chi connectivity index (χ3v) is 4.24. The van der Waals surface area contributed by atoms with Gasteiger partial charge >= 0.3 is 0 Å². The molecule has 4 heteroatoms. The van der Waals surface area contributed by atoms with Crippen LogP contribution in [0, 0.1) is 6.92 Å². The van der Waals surface area contributed by atoms with Gasteiger partial charge in [0.15, 0.2) is 5.82 Å². The molecular formula is C18H23N3O. The Bertz CT molecular complexity index is 638. The highest BCUT2D eigenvalue weighted by molar-refractivity contribution is 5.67. The van der Waals surface area contributed by atoms with Gasteiger partial charge in [-0.2, -0.15) is 0 Å². The van der Waals surface area contributed by atoms with Crippen LogP contribution in [-0.4, -0.2) is 28.5 Å². The van der Waals surface area contributed by atoms with Gasteiger partial charge in [0.1, 0.15) is 0 Å². The Balaban J connectivity index is 1.96. The summed E-state index contributed by atoms with van der Waals surface area (Å²) in [6.45, 7) is 3.03. The van der Waals surface area contributed by atoms with Gasteiger partial charge in [0, 0.05) is 24.3 Å². The van der Waals surface area contributed by atoms with Crippen LogP contribution in [0.15, 0.2) is 24.3 Å². The topological polar surface area (TPSA) is 58.0 Å². The molecule has 0 fully saturated rings. The van der Waals surface area contributed by atoms with Gasteiger partial charge in [0.25, 0.3) is 0 Å². The smallest absolute Gasteiger partial charge is 0.152 e. The second kappa shape index (κ2) is 6.88. The third-order valence-electron chi connectivity index (χ3n) is 4.24. The first kappa shape index (κ1) is 15.0. The molecule has 4 nitrogen and oxygen atoms in total. The number of nitrogens with zero attached hydrogens (tertiary/aromatic N) is 2. The first-order chi connectivity index (χ1) is 10.8. The Morgan fingerprint density at radius 3 is 2.50 bits per heavy atom. The number of aryl methyl sites for hydroxylation is 1. The molecule has 2 aromatic rings. The summed E-state index contributed by atoms with van der Waals surface area (Å²) >= 11 is 0. The van der Waals surface area contributed by atoms with Crippen molar-refractivity contribution in [1.82, 2.24) is 10.2 Å². The molecule has 1 heterocycles. The van der Waals surface area contributed by atoms with E-state index in [2.05, 4.69) is 46.7 Å². The molecule has 1 aromatic carbocycles. The maximum Gasteiger partial charge on any atom is 0.152 e. The van der Waals surface area contributed by atoms with Crippen LogP contribution in [0.4, 0.5) is 5.82 Å². The Morgan fingerprint density at radius 2 is 1.77 bits per heavy atom. The fourth-order valence-electron chi connectivity index (χ4n) is 3.02. The van der Waals surface area contributed by atoms with Gasteiger partial charge in [-0.1, -0.05) is 29.8 Å². The molecule has 3 rings (SSSR count). The van der Waals surface area contributed by atoms with Crippen molar-refractivity contribution >= 4 is 5.82 Å². The number of benzene rings is 1. The lowest BCUT2D eigenvalue weighted by molar-refractivity contribution is 0.292. The van der Waals surface area contributed by atoms with Crippen molar-refractivity contribution in [2.45, 2.75) is 39.0 Å². The van der Waals surface area contributed by atoms with Crippen molar-refractivity contribution in [3.63, 3.8) is 0 Å². The Labute approximate surface area is 131 Å². The summed E-state index contributed by atoms with van der Waals surface area (Å²) < 4.78 is 0. The minimum Gasteiger partial charge on any atom is -0.396 e. The van der Waals surface area contributed by atoms with Crippen LogP contribution in [-0.2, 0) is 12.8 Å². The highest BCUT2D eigenvalue weighted by Crippen LogP contribution is 2.33. The van der Waals surface area contributed by atoms with E-state index in [4.69, 9.17) is 5.11 Å². The van der Waals surface area contributed by atoms with Crippen molar-refractivity contribution in [2.75, 3.05) is 18.5 Å². The zero-order valence-electron chi connectivity index (χ0n) is 13.1. The van der Waals surface area contributed by atoms with Crippen LogP contribution in [0.1, 0.15) is 36.0 Å². The van der Waals surface area contributed by atoms with E-state index < -0.39 is 0 Å². The lowest BCUT2D eigenvalue weighted by atomic mass is 9.89. The summed E-state index contributed by atoms with van der Waals surface area (Å²) in [6.07, 6.45) is 5.29. The van der Waals surface area contributed by atoms with Gasteiger partial charge in [-0.15, -0.1) is 10.2 Å². The van der Waals surface area contributed by atoms with Crippen LogP contribution < -0.4 is 5.32 Å². The molecular weight excluding hydrogens is 274 g/mol. The SMILES string of the molecule is Cc1ccc(-c2nnc(NCCCO)c3c2CCCC3)cc1. The molecule has 0 bridgehead atoms. The Morgan fingerprint density at radius 1 is 1.05 bits per heavy atom. The second-order valence-corrected chi connectivity index (χ2v) is 5.93. The predicted octanol–water partition coefficient (Wildman–Crippen LogP) is 3.13. The van der Waals surface area contributed by atoms with Gasteiger partial charge in [-0.3, -0.25) is 0 Å². The van der Waals surface area contributed by atoms with E-state index in [0.717, 1.165) is 42.9 Å². The van der Waals surface area contributed by atoms with Crippen molar-refractivity contribution < 1.29 is 5.11 Å². The molecule has 116 valence electrons. The van der Waals surface area contributed by atoms with Crippen molar-refractivity contribution in [1.29, 1.82) is 0 Å². The number of aliphatic hydroxyl groups is 1. The highest BCUT2D eigenvalue weighted by atomic mass is 16.3. The van der Waals surface area contributed by atoms with E-state index in [1.54, 1.807) is 0 Å². The first-order valence-corrected chi connectivity index (χ1v) is 8.10. The average molecular weight is 297 g/mol. The number of aromatic nitrogens is 2. The van der Waals surface area contributed by atoms with E-state index in [9.17, 15) is 0 Å². The maximum absolute atomic E-state index is 8.92. The van der Waals surface area contributed by atoms with Crippen LogP contribution in [0.5, 0.6) is 0 Å². The average Bonchev–Trinajstić information content (AvgIpc) is 2.56. The van der Waals surface area contributed by atoms with E-state index in [1.165, 1.54) is 29.5 Å². The van der Waals surface area contributed by atoms with Crippen molar-refractivity contribution in [3.05, 3.63) is 41.0 Å². The molecule has 0 radical (unpaired) electrons. The van der Waals surface area contributed by atoms with Gasteiger partial charge in [-0.05, 0) is 44.6 Å². The molecule has 0 aliphatic heterocycles. The van der Waals surface area contributed by atoms with Gasteiger partial charge in [0.2, 0.25) is 0 Å². The van der Waals surface area contributed by atoms with Crippen LogP contribution in [0.2, 0.25) is 0 Å². The number of aliphatic hydroxyl groups excluding tert-OH is 1. The van der Waals surface area contributed by atoms with Crippen LogP contribution >= 0.6 is 0 Å². The molecule has 0 spiro atoms. The largest absolute Gasteiger partial charge is 0.396 e. The Hall–Kier alpha value is -1.94. The summed E-state index contributed by atoms with van der Waals surface area (Å²) in [5.74, 6) is 0.902. The zero-order valence-corrected chi connectivity index (χ0v) is 13.1. The van der Waals surface area contributed by atoms with E-state index in [1.807, 2.05) is 0 Å². The number of fused-ring (bicyclic) bond motifs is 1. The predicted molar refractivity (Wildman–Crippen MR) is 89.0 cm³/mol. The molecule has 0 saturated carbocycles. The van der Waals surface area contributed by atoms with Gasteiger partial charge in [-0.25, -0.2) is 0 Å². The first-order valence-electron chi connectivity index (χ1n) is 8.10. The monoisotopic (exact) mass is 297 g/mol. The summed E-state index contributed by atoms with van der Waals surface area (Å²) in [5.41, 5.74) is 6.10. The molecule has 0 atom stereocenters. The van der Waals surface area contributed by atoms with Crippen LogP contribution in [0.25, 0.3) is 11.3 Å². The summed E-state index contributed by atoms with van der Waals surface area (Å²) in [4.78, 5) is 0. The normalized spacial score (nSPS) is 13.7. The number of anilines is 1. The molecule has 1 aromatic heterocycles. The number of rotatable bonds is 5. The van der Waals surface area contributed by atoms with Gasteiger partial charge in [0.05, 0.1) is 5.69 Å². The molecule has 22 heavy (non-hydrogen) atoms. The van der Waals surface area contributed by atoms with E-state index in [-0.39, 0.29) is 6.61 Å². The minimum atomic E-state index is 0.198. The summed E-state index contributed by atoms with van der Waals surface area (Å²) in [7, 11) is 0. The fraction of sp³-hybridized carbons (Fsp3) is 0.444. The quantitative estimate of drug-likeness (QED) is 0.833. The van der Waals surface area contributed by atoms with Crippen molar-refractivity contribution in [3.8, 4) is 11.3 Å². The lowest BCUT2D eigenvalue weighted by Gasteiger charge is -2.21. The van der Waals surface area contributed by atoms with Crippen molar-refractivity contribution in [2.24, 2.45) is 0 Å². The molecule has 0 saturated heterocycles. The lowest BCUT2D eigenvalue weighted by Crippen LogP contribution is -2.14. The minimum absolute atomic E-state index is 0.198. The Kier molecular flexibility index (Phi) is 4.68. The highest BCUT2D eigenvalue weighted by Gasteiger charge is 2.20. The fourth-order valence-corrected chi connectivity index (χ4v) is 3.02. The number of hydrogen-bond donors (Lipinski definition) is 2. The van der Waals surface area contributed by atoms with E-state index >= 15 is 0 Å². The second-order valence-electron chi connectivity index (χ2n) is 5.93. The summed E-state index contributed by atoms with van der Waals surface area (Å²) in [5, 5.41) is 21.2. The zero-order chi connectivity index (χ0) is 15.4. The van der Waals surface area contributed by atoms with Crippen LogP contribution in [0.3, 0.4) is 0 Å². The molecule has 2 N–H and O–H groups in total. The molecule has 1 aliphatic carbocycles. The van der Waals surface area contributed by atoms with E-state index in [0.29, 0.717) is 0 Å². The van der Waals surface area contributed by atoms with Gasteiger partial charge < -0.3 is 10.4 Å². The molecule has 1 aliphatic rings. The third kappa shape index (κ3) is 3.12. The molecule has 0 amide bonds. The molecule has 0 unspecified atom stereocenters. The standard InChI is InChI=1S/C18H23N3O/c1-13-7-9-14(10-8-13)17-15-5-2-3-6-16(15)18(21-20-17)19-11-4-12-22/h7-10,22H,2-6,11-12H2,1H3,(H,19,21). The number of nitrogens with one attached hydrogen (secondary N) is 1.